The van der Waals surface area contributed by atoms with Crippen molar-refractivity contribution < 1.29 is 14.3 Å². The minimum absolute atomic E-state index is 0.216. The molecule has 6 nitrogen and oxygen atoms in total. The molecule has 0 saturated heterocycles. The number of benzene rings is 2. The first kappa shape index (κ1) is 19.4. The number of hydrogen-bond acceptors (Lipinski definition) is 5. The summed E-state index contributed by atoms with van der Waals surface area (Å²) < 4.78 is 4.73. The molecule has 3 rings (SSSR count). The number of nitrogens with one attached hydrogen (secondary N) is 2. The molecule has 0 saturated carbocycles. The molecular formula is C21H18ClN3O3. The summed E-state index contributed by atoms with van der Waals surface area (Å²) in [6.45, 7) is 1.96. The molecule has 0 atom stereocenters. The van der Waals surface area contributed by atoms with Gasteiger partial charge in [-0.05, 0) is 48.9 Å². The molecule has 1 heterocycles. The maximum atomic E-state index is 12.5. The number of carbonyl (C=O) groups excluding carboxylic acids is 2. The second-order valence-electron chi connectivity index (χ2n) is 6.01. The van der Waals surface area contributed by atoms with Crippen molar-refractivity contribution in [3.05, 3.63) is 82.6 Å². The van der Waals surface area contributed by atoms with Crippen LogP contribution in [0.4, 0.5) is 17.1 Å². The normalized spacial score (nSPS) is 10.2. The van der Waals surface area contributed by atoms with Crippen LogP contribution in [-0.2, 0) is 4.74 Å². The molecule has 0 radical (unpaired) electrons. The van der Waals surface area contributed by atoms with Gasteiger partial charge in [0.2, 0.25) is 0 Å². The molecule has 2 N–H and O–H groups in total. The molecule has 1 aromatic heterocycles. The molecule has 0 spiro atoms. The Morgan fingerprint density at radius 2 is 1.82 bits per heavy atom. The van der Waals surface area contributed by atoms with Crippen molar-refractivity contribution in [3.8, 4) is 0 Å². The molecule has 0 unspecified atom stereocenters. The van der Waals surface area contributed by atoms with Crippen molar-refractivity contribution in [1.29, 1.82) is 0 Å². The van der Waals surface area contributed by atoms with Crippen molar-refractivity contribution in [2.24, 2.45) is 0 Å². The number of rotatable bonds is 5. The number of aryl methyl sites for hydroxylation is 1. The molecule has 1 amide bonds. The zero-order valence-corrected chi connectivity index (χ0v) is 16.1. The van der Waals surface area contributed by atoms with Gasteiger partial charge in [-0.25, -0.2) is 9.78 Å². The second kappa shape index (κ2) is 8.54. The van der Waals surface area contributed by atoms with Crippen LogP contribution in [0, 0.1) is 6.92 Å². The van der Waals surface area contributed by atoms with E-state index < -0.39 is 11.9 Å². The van der Waals surface area contributed by atoms with E-state index >= 15 is 0 Å². The average Bonchev–Trinajstić information content (AvgIpc) is 2.71. The van der Waals surface area contributed by atoms with E-state index in [9.17, 15) is 9.59 Å². The highest BCUT2D eigenvalue weighted by Gasteiger charge is 2.15. The van der Waals surface area contributed by atoms with Crippen LogP contribution in [0.5, 0.6) is 0 Å². The van der Waals surface area contributed by atoms with Gasteiger partial charge in [0.25, 0.3) is 5.91 Å². The first-order valence-corrected chi connectivity index (χ1v) is 8.83. The monoisotopic (exact) mass is 395 g/mol. The number of halogens is 1. The minimum Gasteiger partial charge on any atom is -0.465 e. The van der Waals surface area contributed by atoms with Crippen LogP contribution in [0.2, 0.25) is 5.02 Å². The van der Waals surface area contributed by atoms with Crippen molar-refractivity contribution in [2.75, 3.05) is 17.7 Å². The van der Waals surface area contributed by atoms with E-state index in [0.717, 1.165) is 16.9 Å². The number of carbonyl (C=O) groups is 2. The molecule has 0 bridgehead atoms. The van der Waals surface area contributed by atoms with Crippen molar-refractivity contribution >= 4 is 40.5 Å². The highest BCUT2D eigenvalue weighted by molar-refractivity contribution is 6.30. The third kappa shape index (κ3) is 4.47. The molecule has 0 aliphatic rings. The Morgan fingerprint density at radius 3 is 2.54 bits per heavy atom. The summed E-state index contributed by atoms with van der Waals surface area (Å²) in [5.41, 5.74) is 3.46. The second-order valence-corrected chi connectivity index (χ2v) is 6.44. The van der Waals surface area contributed by atoms with Crippen LogP contribution in [0.3, 0.4) is 0 Å². The minimum atomic E-state index is -0.528. The molecule has 142 valence electrons. The summed E-state index contributed by atoms with van der Waals surface area (Å²) in [4.78, 5) is 28.5. The highest BCUT2D eigenvalue weighted by atomic mass is 35.5. The third-order valence-electron chi connectivity index (χ3n) is 4.06. The largest absolute Gasteiger partial charge is 0.465 e. The number of pyridine rings is 1. The standard InChI is InChI=1S/C21H18ClN3O3/c1-13-7-8-14(22)11-19(13)24-15-9-10-18(23-12-15)20(26)25-17-6-4-3-5-16(17)21(27)28-2/h3-12,24H,1-2H3,(H,25,26). The fraction of sp³-hybridized carbons (Fsp3) is 0.0952. The summed E-state index contributed by atoms with van der Waals surface area (Å²) >= 11 is 6.03. The van der Waals surface area contributed by atoms with Crippen LogP contribution < -0.4 is 10.6 Å². The summed E-state index contributed by atoms with van der Waals surface area (Å²) in [6, 6.07) is 15.5. The van der Waals surface area contributed by atoms with Crippen LogP contribution in [0.1, 0.15) is 26.4 Å². The Hall–Kier alpha value is -3.38. The fourth-order valence-electron chi connectivity index (χ4n) is 2.55. The van der Waals surface area contributed by atoms with E-state index in [1.165, 1.54) is 7.11 Å². The van der Waals surface area contributed by atoms with Crippen LogP contribution >= 0.6 is 11.6 Å². The molecule has 3 aromatic rings. The zero-order chi connectivity index (χ0) is 20.1. The molecule has 2 aromatic carbocycles. The van der Waals surface area contributed by atoms with E-state index in [0.29, 0.717) is 10.7 Å². The number of amides is 1. The molecular weight excluding hydrogens is 378 g/mol. The summed E-state index contributed by atoms with van der Waals surface area (Å²) in [5.74, 6) is -0.956. The van der Waals surface area contributed by atoms with E-state index in [1.807, 2.05) is 25.1 Å². The summed E-state index contributed by atoms with van der Waals surface area (Å²) in [7, 11) is 1.29. The Morgan fingerprint density at radius 1 is 1.04 bits per heavy atom. The Bertz CT molecular complexity index is 1020. The number of methoxy groups -OCH3 is 1. The first-order valence-electron chi connectivity index (χ1n) is 8.46. The van der Waals surface area contributed by atoms with Crippen LogP contribution in [0.15, 0.2) is 60.8 Å². The summed E-state index contributed by atoms with van der Waals surface area (Å²) in [6.07, 6.45) is 1.56. The lowest BCUT2D eigenvalue weighted by atomic mass is 10.1. The lowest BCUT2D eigenvalue weighted by Gasteiger charge is -2.11. The lowest BCUT2D eigenvalue weighted by molar-refractivity contribution is 0.0602. The van der Waals surface area contributed by atoms with Gasteiger partial charge < -0.3 is 15.4 Å². The topological polar surface area (TPSA) is 80.3 Å². The van der Waals surface area contributed by atoms with Gasteiger partial charge in [0.1, 0.15) is 5.69 Å². The maximum absolute atomic E-state index is 12.5. The molecule has 0 aliphatic heterocycles. The van der Waals surface area contributed by atoms with Crippen LogP contribution in [0.25, 0.3) is 0 Å². The quantitative estimate of drug-likeness (QED) is 0.605. The highest BCUT2D eigenvalue weighted by Crippen LogP contribution is 2.24. The van der Waals surface area contributed by atoms with Crippen LogP contribution in [-0.4, -0.2) is 24.0 Å². The lowest BCUT2D eigenvalue weighted by Crippen LogP contribution is -2.16. The van der Waals surface area contributed by atoms with E-state index in [2.05, 4.69) is 15.6 Å². The Balaban J connectivity index is 1.74. The predicted octanol–water partition coefficient (Wildman–Crippen LogP) is 4.83. The van der Waals surface area contributed by atoms with Gasteiger partial charge in [-0.2, -0.15) is 0 Å². The zero-order valence-electron chi connectivity index (χ0n) is 15.3. The van der Waals surface area contributed by atoms with Gasteiger partial charge >= 0.3 is 5.97 Å². The van der Waals surface area contributed by atoms with Crippen molar-refractivity contribution in [1.82, 2.24) is 4.98 Å². The Labute approximate surface area is 167 Å². The number of hydrogen-bond donors (Lipinski definition) is 2. The average molecular weight is 396 g/mol. The number of para-hydroxylation sites is 1. The van der Waals surface area contributed by atoms with Gasteiger partial charge in [-0.3, -0.25) is 4.79 Å². The smallest absolute Gasteiger partial charge is 0.339 e. The number of esters is 1. The van der Waals surface area contributed by atoms with Crippen molar-refractivity contribution in [2.45, 2.75) is 6.92 Å². The van der Waals surface area contributed by atoms with Crippen molar-refractivity contribution in [3.63, 3.8) is 0 Å². The van der Waals surface area contributed by atoms with Gasteiger partial charge in [-0.1, -0.05) is 29.8 Å². The van der Waals surface area contributed by atoms with E-state index in [-0.39, 0.29) is 11.3 Å². The van der Waals surface area contributed by atoms with Gasteiger partial charge in [0, 0.05) is 10.7 Å². The molecule has 0 fully saturated rings. The molecule has 0 aliphatic carbocycles. The molecule has 7 heteroatoms. The first-order chi connectivity index (χ1) is 13.5. The van der Waals surface area contributed by atoms with Gasteiger partial charge in [-0.15, -0.1) is 0 Å². The van der Waals surface area contributed by atoms with Gasteiger partial charge in [0.05, 0.1) is 30.2 Å². The Kier molecular flexibility index (Phi) is 5.91. The summed E-state index contributed by atoms with van der Waals surface area (Å²) in [5, 5.41) is 6.53. The SMILES string of the molecule is COC(=O)c1ccccc1NC(=O)c1ccc(Nc2cc(Cl)ccc2C)cn1. The number of anilines is 3. The third-order valence-corrected chi connectivity index (χ3v) is 4.29. The predicted molar refractivity (Wildman–Crippen MR) is 109 cm³/mol. The fourth-order valence-corrected chi connectivity index (χ4v) is 2.73. The number of ether oxygens (including phenoxy) is 1. The van der Waals surface area contributed by atoms with E-state index in [1.54, 1.807) is 42.6 Å². The number of aromatic nitrogens is 1. The van der Waals surface area contributed by atoms with E-state index in [4.69, 9.17) is 16.3 Å². The maximum Gasteiger partial charge on any atom is 0.339 e. The van der Waals surface area contributed by atoms with Gasteiger partial charge in [0.15, 0.2) is 0 Å². The molecule has 28 heavy (non-hydrogen) atoms. The number of nitrogens with zero attached hydrogens (tertiary/aromatic N) is 1.